The molecular formula is C13H7Cl2NO4S. The van der Waals surface area contributed by atoms with Crippen LogP contribution in [0, 0.1) is 10.1 Å². The van der Waals surface area contributed by atoms with E-state index in [2.05, 4.69) is 0 Å². The molecule has 0 spiro atoms. The van der Waals surface area contributed by atoms with Crippen LogP contribution in [0.3, 0.4) is 0 Å². The Hall–Kier alpha value is -1.76. The molecule has 2 aromatic rings. The molecule has 108 valence electrons. The van der Waals surface area contributed by atoms with Gasteiger partial charge >= 0.3 is 5.97 Å². The molecule has 0 aliphatic carbocycles. The number of nitro benzene ring substituents is 1. The van der Waals surface area contributed by atoms with Crippen LogP contribution in [0.15, 0.2) is 46.2 Å². The van der Waals surface area contributed by atoms with Crippen LogP contribution in [-0.2, 0) is 0 Å². The highest BCUT2D eigenvalue weighted by Gasteiger charge is 2.18. The second kappa shape index (κ2) is 6.34. The first-order valence-corrected chi connectivity index (χ1v) is 7.10. The highest BCUT2D eigenvalue weighted by Crippen LogP contribution is 2.37. The van der Waals surface area contributed by atoms with Gasteiger partial charge in [0.25, 0.3) is 5.69 Å². The number of carbonyl (C=O) groups is 1. The minimum atomic E-state index is -1.22. The zero-order valence-corrected chi connectivity index (χ0v) is 12.6. The van der Waals surface area contributed by atoms with E-state index in [1.807, 2.05) is 0 Å². The van der Waals surface area contributed by atoms with Crippen LogP contribution < -0.4 is 0 Å². The third-order valence-electron chi connectivity index (χ3n) is 2.52. The minimum absolute atomic E-state index is 0.139. The second-order valence-corrected chi connectivity index (χ2v) is 5.85. The van der Waals surface area contributed by atoms with E-state index in [1.54, 1.807) is 18.2 Å². The van der Waals surface area contributed by atoms with E-state index >= 15 is 0 Å². The third kappa shape index (κ3) is 3.66. The maximum absolute atomic E-state index is 11.1. The van der Waals surface area contributed by atoms with Crippen LogP contribution in [0.2, 0.25) is 10.0 Å². The van der Waals surface area contributed by atoms with Crippen molar-refractivity contribution in [2.24, 2.45) is 0 Å². The van der Waals surface area contributed by atoms with Gasteiger partial charge in [0.05, 0.1) is 25.4 Å². The van der Waals surface area contributed by atoms with Gasteiger partial charge in [0.2, 0.25) is 0 Å². The number of halogens is 2. The van der Waals surface area contributed by atoms with Crippen LogP contribution in [-0.4, -0.2) is 16.0 Å². The molecule has 0 bridgehead atoms. The molecule has 0 atom stereocenters. The standard InChI is InChI=1S/C13H7Cl2NO4S/c14-9-3-2-8(6-10(9)15)21-12-4-1-7(13(17)18)5-11(12)16(19)20/h1-6H,(H,17,18). The Labute approximate surface area is 133 Å². The summed E-state index contributed by atoms with van der Waals surface area (Å²) in [5.41, 5.74) is -0.411. The molecule has 0 heterocycles. The van der Waals surface area contributed by atoms with Crippen LogP contribution >= 0.6 is 35.0 Å². The summed E-state index contributed by atoms with van der Waals surface area (Å²) >= 11 is 12.8. The van der Waals surface area contributed by atoms with Gasteiger partial charge in [0.1, 0.15) is 0 Å². The van der Waals surface area contributed by atoms with E-state index in [1.165, 1.54) is 12.1 Å². The van der Waals surface area contributed by atoms with Crippen molar-refractivity contribution in [3.8, 4) is 0 Å². The molecule has 21 heavy (non-hydrogen) atoms. The predicted octanol–water partition coefficient (Wildman–Crippen LogP) is 4.75. The topological polar surface area (TPSA) is 80.4 Å². The zero-order valence-electron chi connectivity index (χ0n) is 10.2. The van der Waals surface area contributed by atoms with Gasteiger partial charge in [-0.15, -0.1) is 0 Å². The zero-order chi connectivity index (χ0) is 15.6. The van der Waals surface area contributed by atoms with Crippen LogP contribution in [0.1, 0.15) is 10.4 Å². The number of carboxylic acids is 1. The van der Waals surface area contributed by atoms with Crippen molar-refractivity contribution >= 4 is 46.6 Å². The number of benzene rings is 2. The summed E-state index contributed by atoms with van der Waals surface area (Å²) in [5, 5.41) is 20.7. The Bertz CT molecular complexity index is 736. The molecule has 0 aliphatic heterocycles. The largest absolute Gasteiger partial charge is 0.478 e. The Kier molecular flexibility index (Phi) is 4.72. The van der Waals surface area contributed by atoms with Crippen molar-refractivity contribution < 1.29 is 14.8 Å². The SMILES string of the molecule is O=C(O)c1ccc(Sc2ccc(Cl)c(Cl)c2)c([N+](=O)[O-])c1. The summed E-state index contributed by atoms with van der Waals surface area (Å²) in [7, 11) is 0. The van der Waals surface area contributed by atoms with Crippen LogP contribution in [0.5, 0.6) is 0 Å². The lowest BCUT2D eigenvalue weighted by atomic mass is 10.2. The number of rotatable bonds is 4. The Morgan fingerprint density at radius 3 is 2.43 bits per heavy atom. The summed E-state index contributed by atoms with van der Waals surface area (Å²) in [5.74, 6) is -1.22. The van der Waals surface area contributed by atoms with Gasteiger partial charge < -0.3 is 5.11 Å². The van der Waals surface area contributed by atoms with E-state index in [0.29, 0.717) is 19.8 Å². The van der Waals surface area contributed by atoms with Gasteiger partial charge in [-0.3, -0.25) is 10.1 Å². The van der Waals surface area contributed by atoms with E-state index < -0.39 is 10.9 Å². The van der Waals surface area contributed by atoms with Crippen LogP contribution in [0.25, 0.3) is 0 Å². The number of hydrogen-bond donors (Lipinski definition) is 1. The molecule has 0 unspecified atom stereocenters. The fourth-order valence-corrected chi connectivity index (χ4v) is 2.85. The summed E-state index contributed by atoms with van der Waals surface area (Å²) in [6.45, 7) is 0. The molecule has 1 N–H and O–H groups in total. The molecule has 0 fully saturated rings. The van der Waals surface area contributed by atoms with Gasteiger partial charge in [-0.05, 0) is 30.3 Å². The van der Waals surface area contributed by atoms with Gasteiger partial charge in [-0.25, -0.2) is 4.79 Å². The Morgan fingerprint density at radius 1 is 1.14 bits per heavy atom. The molecule has 5 nitrogen and oxygen atoms in total. The Morgan fingerprint density at radius 2 is 1.86 bits per heavy atom. The van der Waals surface area contributed by atoms with Crippen LogP contribution in [0.4, 0.5) is 5.69 Å². The quantitative estimate of drug-likeness (QED) is 0.639. The second-order valence-electron chi connectivity index (χ2n) is 3.92. The molecule has 0 radical (unpaired) electrons. The van der Waals surface area contributed by atoms with Crippen molar-refractivity contribution in [1.82, 2.24) is 0 Å². The van der Waals surface area contributed by atoms with E-state index in [4.69, 9.17) is 28.3 Å². The van der Waals surface area contributed by atoms with Crippen molar-refractivity contribution in [2.45, 2.75) is 9.79 Å². The fourth-order valence-electron chi connectivity index (χ4n) is 1.55. The number of hydrogen-bond acceptors (Lipinski definition) is 4. The molecule has 0 amide bonds. The normalized spacial score (nSPS) is 10.4. The molecule has 0 aliphatic rings. The lowest BCUT2D eigenvalue weighted by Gasteiger charge is -2.05. The first-order valence-electron chi connectivity index (χ1n) is 5.53. The van der Waals surface area contributed by atoms with Gasteiger partial charge in [-0.2, -0.15) is 0 Å². The molecule has 8 heteroatoms. The lowest BCUT2D eigenvalue weighted by molar-refractivity contribution is -0.387. The molecule has 2 aromatic carbocycles. The smallest absolute Gasteiger partial charge is 0.335 e. The highest BCUT2D eigenvalue weighted by molar-refractivity contribution is 7.99. The van der Waals surface area contributed by atoms with Crippen molar-refractivity contribution in [3.05, 3.63) is 62.1 Å². The van der Waals surface area contributed by atoms with E-state index in [0.717, 1.165) is 17.8 Å². The molecule has 2 rings (SSSR count). The lowest BCUT2D eigenvalue weighted by Crippen LogP contribution is -1.99. The van der Waals surface area contributed by atoms with Crippen molar-refractivity contribution in [1.29, 1.82) is 0 Å². The van der Waals surface area contributed by atoms with Gasteiger partial charge in [-0.1, -0.05) is 35.0 Å². The maximum Gasteiger partial charge on any atom is 0.335 e. The monoisotopic (exact) mass is 343 g/mol. The van der Waals surface area contributed by atoms with Gasteiger partial charge in [0, 0.05) is 11.0 Å². The fraction of sp³-hybridized carbons (Fsp3) is 0. The molecule has 0 saturated heterocycles. The summed E-state index contributed by atoms with van der Waals surface area (Å²) in [6, 6.07) is 8.59. The third-order valence-corrected chi connectivity index (χ3v) is 4.32. The average molecular weight is 344 g/mol. The highest BCUT2D eigenvalue weighted by atomic mass is 35.5. The molecular weight excluding hydrogens is 337 g/mol. The Balaban J connectivity index is 2.41. The van der Waals surface area contributed by atoms with Crippen molar-refractivity contribution in [2.75, 3.05) is 0 Å². The molecule has 0 aromatic heterocycles. The van der Waals surface area contributed by atoms with E-state index in [-0.39, 0.29) is 11.3 Å². The average Bonchev–Trinajstić information content (AvgIpc) is 2.43. The maximum atomic E-state index is 11.1. The summed E-state index contributed by atoms with van der Waals surface area (Å²) < 4.78 is 0. The summed E-state index contributed by atoms with van der Waals surface area (Å²) in [4.78, 5) is 22.3. The summed E-state index contributed by atoms with van der Waals surface area (Å²) in [6.07, 6.45) is 0. The number of nitro groups is 1. The predicted molar refractivity (Wildman–Crippen MR) is 80.6 cm³/mol. The first-order chi connectivity index (χ1) is 9.88. The minimum Gasteiger partial charge on any atom is -0.478 e. The first kappa shape index (κ1) is 15.6. The number of carboxylic acid groups (broad SMARTS) is 1. The number of nitrogens with zero attached hydrogens (tertiary/aromatic N) is 1. The molecule has 0 saturated carbocycles. The van der Waals surface area contributed by atoms with Crippen molar-refractivity contribution in [3.63, 3.8) is 0 Å². The van der Waals surface area contributed by atoms with Gasteiger partial charge in [0.15, 0.2) is 0 Å². The van der Waals surface area contributed by atoms with E-state index in [9.17, 15) is 14.9 Å². The number of aromatic carboxylic acids is 1.